The zero-order chi connectivity index (χ0) is 10.2. The minimum absolute atomic E-state index is 0.280. The summed E-state index contributed by atoms with van der Waals surface area (Å²) in [5.74, 6) is -0.280. The van der Waals surface area contributed by atoms with Crippen LogP contribution in [-0.4, -0.2) is 6.08 Å². The number of hydrogen-bond donors (Lipinski definition) is 0. The van der Waals surface area contributed by atoms with E-state index in [1.54, 1.807) is 12.1 Å². The first kappa shape index (κ1) is 9.10. The molecule has 0 heterocycles. The van der Waals surface area contributed by atoms with Gasteiger partial charge in [-0.1, -0.05) is 6.07 Å². The number of fused-ring (bicyclic) bond motifs is 1. The molecule has 1 atom stereocenters. The molecular weight excluding hydrogens is 181 g/mol. The smallest absolute Gasteiger partial charge is 0.211 e. The van der Waals surface area contributed by atoms with Crippen LogP contribution in [0.5, 0.6) is 0 Å². The molecule has 0 aromatic heterocycles. The largest absolute Gasteiger partial charge is 0.235 e. The van der Waals surface area contributed by atoms with Crippen molar-refractivity contribution in [2.45, 2.75) is 25.3 Å². The average Bonchev–Trinajstić information content (AvgIpc) is 2.45. The Morgan fingerprint density at radius 3 is 3.07 bits per heavy atom. The topological polar surface area (TPSA) is 29.4 Å². The molecule has 0 radical (unpaired) electrons. The van der Waals surface area contributed by atoms with Crippen molar-refractivity contribution in [2.24, 2.45) is 4.99 Å². The number of carbonyl (C=O) groups excluding carboxylic acids is 1. The highest BCUT2D eigenvalue weighted by atomic mass is 19.1. The van der Waals surface area contributed by atoms with Gasteiger partial charge in [0, 0.05) is 0 Å². The molecule has 1 aromatic carbocycles. The molecule has 0 saturated heterocycles. The summed E-state index contributed by atoms with van der Waals surface area (Å²) in [6, 6.07) is 4.66. The Bertz CT molecular complexity index is 423. The predicted octanol–water partition coefficient (Wildman–Crippen LogP) is 2.32. The van der Waals surface area contributed by atoms with Crippen LogP contribution in [0.25, 0.3) is 0 Å². The molecule has 1 aliphatic carbocycles. The maximum Gasteiger partial charge on any atom is 0.235 e. The molecule has 2 nitrogen and oxygen atoms in total. The van der Waals surface area contributed by atoms with Crippen molar-refractivity contribution < 1.29 is 9.18 Å². The molecule has 1 unspecified atom stereocenters. The Morgan fingerprint density at radius 2 is 2.36 bits per heavy atom. The summed E-state index contributed by atoms with van der Waals surface area (Å²) in [5.41, 5.74) is 1.33. The summed E-state index contributed by atoms with van der Waals surface area (Å²) in [6.45, 7) is 1.84. The number of nitrogens with zero attached hydrogens (tertiary/aromatic N) is 1. The Morgan fingerprint density at radius 1 is 1.57 bits per heavy atom. The first-order chi connectivity index (χ1) is 6.65. The molecule has 0 amide bonds. The minimum Gasteiger partial charge on any atom is -0.211 e. The van der Waals surface area contributed by atoms with Gasteiger partial charge >= 0.3 is 0 Å². The molecule has 72 valence electrons. The van der Waals surface area contributed by atoms with Gasteiger partial charge in [0.05, 0.1) is 5.54 Å². The maximum atomic E-state index is 13.0. The lowest BCUT2D eigenvalue weighted by Gasteiger charge is -2.17. The number of isocyanates is 1. The fourth-order valence-corrected chi connectivity index (χ4v) is 2.00. The summed E-state index contributed by atoms with van der Waals surface area (Å²) in [4.78, 5) is 14.0. The molecule has 3 heteroatoms. The van der Waals surface area contributed by atoms with Gasteiger partial charge in [0.15, 0.2) is 0 Å². The van der Waals surface area contributed by atoms with Gasteiger partial charge in [0.25, 0.3) is 0 Å². The number of halogens is 1. The minimum atomic E-state index is -0.570. The molecule has 14 heavy (non-hydrogen) atoms. The van der Waals surface area contributed by atoms with Gasteiger partial charge in [-0.3, -0.25) is 0 Å². The highest BCUT2D eigenvalue weighted by molar-refractivity contribution is 5.43. The second-order valence-corrected chi connectivity index (χ2v) is 3.78. The molecule has 1 aromatic rings. The highest BCUT2D eigenvalue weighted by Gasteiger charge is 2.34. The quantitative estimate of drug-likeness (QED) is 0.494. The number of hydrogen-bond acceptors (Lipinski definition) is 2. The van der Waals surface area contributed by atoms with Crippen LogP contribution in [0, 0.1) is 5.82 Å². The lowest BCUT2D eigenvalue weighted by atomic mass is 9.95. The third-order valence-electron chi connectivity index (χ3n) is 2.83. The summed E-state index contributed by atoms with van der Waals surface area (Å²) >= 11 is 0. The molecule has 0 bridgehead atoms. The fraction of sp³-hybridized carbons (Fsp3) is 0.364. The Kier molecular flexibility index (Phi) is 1.97. The van der Waals surface area contributed by atoms with E-state index in [-0.39, 0.29) is 5.82 Å². The Labute approximate surface area is 81.5 Å². The predicted molar refractivity (Wildman–Crippen MR) is 50.2 cm³/mol. The molecule has 0 aliphatic heterocycles. The zero-order valence-electron chi connectivity index (χ0n) is 7.88. The number of aryl methyl sites for hydroxylation is 1. The normalized spacial score (nSPS) is 24.1. The summed E-state index contributed by atoms with van der Waals surface area (Å²) in [6.07, 6.45) is 3.16. The van der Waals surface area contributed by atoms with Crippen molar-refractivity contribution in [3.63, 3.8) is 0 Å². The van der Waals surface area contributed by atoms with E-state index in [0.29, 0.717) is 0 Å². The second kappa shape index (κ2) is 3.03. The lowest BCUT2D eigenvalue weighted by molar-refractivity contribution is 0.479. The van der Waals surface area contributed by atoms with Crippen molar-refractivity contribution in [1.82, 2.24) is 0 Å². The van der Waals surface area contributed by atoms with Crippen LogP contribution in [0.15, 0.2) is 23.2 Å². The van der Waals surface area contributed by atoms with Gasteiger partial charge in [-0.05, 0) is 43.0 Å². The van der Waals surface area contributed by atoms with E-state index in [1.807, 2.05) is 6.92 Å². The van der Waals surface area contributed by atoms with Crippen molar-refractivity contribution >= 4 is 6.08 Å². The molecule has 2 rings (SSSR count). The van der Waals surface area contributed by atoms with E-state index < -0.39 is 5.54 Å². The summed E-state index contributed by atoms with van der Waals surface area (Å²) < 4.78 is 13.0. The average molecular weight is 191 g/mol. The standard InChI is InChI=1S/C11H10FNO/c1-11(13-7-14)5-4-8-2-3-9(12)6-10(8)11/h2-3,6H,4-5H2,1H3. The SMILES string of the molecule is CC1(N=C=O)CCc2ccc(F)cc21. The molecule has 0 fully saturated rings. The van der Waals surface area contributed by atoms with Crippen LogP contribution in [-0.2, 0) is 16.8 Å². The molecule has 0 N–H and O–H groups in total. The summed E-state index contributed by atoms with van der Waals surface area (Å²) in [7, 11) is 0. The van der Waals surface area contributed by atoms with Crippen LogP contribution in [0.2, 0.25) is 0 Å². The third-order valence-corrected chi connectivity index (χ3v) is 2.83. The van der Waals surface area contributed by atoms with Gasteiger partial charge in [-0.25, -0.2) is 9.18 Å². The molecule has 1 aliphatic rings. The van der Waals surface area contributed by atoms with Gasteiger partial charge in [-0.15, -0.1) is 0 Å². The van der Waals surface area contributed by atoms with Crippen LogP contribution < -0.4 is 0 Å². The lowest BCUT2D eigenvalue weighted by Crippen LogP contribution is -2.14. The first-order valence-electron chi connectivity index (χ1n) is 4.54. The number of rotatable bonds is 1. The van der Waals surface area contributed by atoms with E-state index in [0.717, 1.165) is 24.0 Å². The van der Waals surface area contributed by atoms with Crippen LogP contribution in [0.1, 0.15) is 24.5 Å². The van der Waals surface area contributed by atoms with E-state index in [9.17, 15) is 9.18 Å². The third kappa shape index (κ3) is 1.26. The fourth-order valence-electron chi connectivity index (χ4n) is 2.00. The van der Waals surface area contributed by atoms with Crippen LogP contribution in [0.4, 0.5) is 4.39 Å². The Balaban J connectivity index is 2.57. The molecule has 0 saturated carbocycles. The maximum absolute atomic E-state index is 13.0. The molecule has 0 spiro atoms. The van der Waals surface area contributed by atoms with Crippen molar-refractivity contribution in [3.05, 3.63) is 35.1 Å². The summed E-state index contributed by atoms with van der Waals surface area (Å²) in [5, 5.41) is 0. The van der Waals surface area contributed by atoms with Gasteiger partial charge in [-0.2, -0.15) is 4.99 Å². The van der Waals surface area contributed by atoms with E-state index in [2.05, 4.69) is 4.99 Å². The van der Waals surface area contributed by atoms with Crippen LogP contribution >= 0.6 is 0 Å². The van der Waals surface area contributed by atoms with Gasteiger partial charge in [0.2, 0.25) is 6.08 Å². The zero-order valence-corrected chi connectivity index (χ0v) is 7.88. The number of aliphatic imine (C=N–C) groups is 1. The monoisotopic (exact) mass is 191 g/mol. The van der Waals surface area contributed by atoms with Crippen molar-refractivity contribution in [1.29, 1.82) is 0 Å². The Hall–Kier alpha value is -1.47. The highest BCUT2D eigenvalue weighted by Crippen LogP contribution is 2.39. The van der Waals surface area contributed by atoms with E-state index in [1.165, 1.54) is 12.1 Å². The van der Waals surface area contributed by atoms with Crippen molar-refractivity contribution in [2.75, 3.05) is 0 Å². The van der Waals surface area contributed by atoms with Crippen LogP contribution in [0.3, 0.4) is 0 Å². The van der Waals surface area contributed by atoms with Crippen molar-refractivity contribution in [3.8, 4) is 0 Å². The number of benzene rings is 1. The van der Waals surface area contributed by atoms with E-state index in [4.69, 9.17) is 0 Å². The van der Waals surface area contributed by atoms with E-state index >= 15 is 0 Å². The van der Waals surface area contributed by atoms with Gasteiger partial charge in [0.1, 0.15) is 5.82 Å². The second-order valence-electron chi connectivity index (χ2n) is 3.78. The molecular formula is C11H10FNO. The first-order valence-corrected chi connectivity index (χ1v) is 4.54. The van der Waals surface area contributed by atoms with Gasteiger partial charge < -0.3 is 0 Å².